The molecular formula is C13H12N4O2. The van der Waals surface area contributed by atoms with E-state index in [4.69, 9.17) is 10.4 Å². The number of hydrogen-bond acceptors (Lipinski definition) is 4. The number of pyridine rings is 1. The van der Waals surface area contributed by atoms with Crippen LogP contribution in [0.15, 0.2) is 18.3 Å². The summed E-state index contributed by atoms with van der Waals surface area (Å²) in [4.78, 5) is 15.4. The Morgan fingerprint density at radius 1 is 1.58 bits per heavy atom. The molecular weight excluding hydrogens is 244 g/mol. The van der Waals surface area contributed by atoms with Crippen molar-refractivity contribution in [3.05, 3.63) is 35.4 Å². The number of aromatic carboxylic acids is 1. The fourth-order valence-electron chi connectivity index (χ4n) is 2.47. The third-order valence-electron chi connectivity index (χ3n) is 3.39. The van der Waals surface area contributed by atoms with Crippen LogP contribution in [-0.2, 0) is 0 Å². The van der Waals surface area contributed by atoms with Gasteiger partial charge in [0.2, 0.25) is 0 Å². The largest absolute Gasteiger partial charge is 0.478 e. The van der Waals surface area contributed by atoms with Crippen molar-refractivity contribution in [2.45, 2.75) is 18.9 Å². The van der Waals surface area contributed by atoms with E-state index in [0.29, 0.717) is 17.0 Å². The molecule has 6 nitrogen and oxygen atoms in total. The molecule has 96 valence electrons. The van der Waals surface area contributed by atoms with Crippen LogP contribution >= 0.6 is 0 Å². The number of fused-ring (bicyclic) bond motifs is 1. The lowest BCUT2D eigenvalue weighted by molar-refractivity contribution is 0.0696. The molecule has 0 aromatic carbocycles. The lowest BCUT2D eigenvalue weighted by Crippen LogP contribution is -2.16. The maximum Gasteiger partial charge on any atom is 0.337 e. The summed E-state index contributed by atoms with van der Waals surface area (Å²) in [5, 5.41) is 21.5. The fraction of sp³-hybridized carbons (Fsp3) is 0.308. The smallest absolute Gasteiger partial charge is 0.337 e. The number of imidazole rings is 1. The van der Waals surface area contributed by atoms with Crippen molar-refractivity contribution in [1.29, 1.82) is 5.26 Å². The van der Waals surface area contributed by atoms with Crippen LogP contribution in [0.1, 0.15) is 40.8 Å². The summed E-state index contributed by atoms with van der Waals surface area (Å²) in [6.45, 7) is 0.917. The molecule has 3 rings (SSSR count). The van der Waals surface area contributed by atoms with Crippen molar-refractivity contribution < 1.29 is 9.90 Å². The summed E-state index contributed by atoms with van der Waals surface area (Å²) in [6.07, 6.45) is 3.53. The minimum Gasteiger partial charge on any atom is -0.478 e. The standard InChI is InChI=1S/C13H12N4O2/c14-6-10-11-4-3-8(13(18)19)7-17(11)12(16-10)9-2-1-5-15-9/h3-4,7,9,15H,1-2,5H2,(H,18,19). The molecule has 0 bridgehead atoms. The predicted molar refractivity (Wildman–Crippen MR) is 66.8 cm³/mol. The molecule has 0 aliphatic carbocycles. The van der Waals surface area contributed by atoms with Crippen LogP contribution in [0.2, 0.25) is 0 Å². The molecule has 1 saturated heterocycles. The second kappa shape index (κ2) is 4.37. The molecule has 19 heavy (non-hydrogen) atoms. The van der Waals surface area contributed by atoms with Crippen LogP contribution in [0, 0.1) is 11.3 Å². The Hall–Kier alpha value is -2.39. The van der Waals surface area contributed by atoms with Crippen molar-refractivity contribution in [3.63, 3.8) is 0 Å². The van der Waals surface area contributed by atoms with Crippen molar-refractivity contribution in [2.24, 2.45) is 0 Å². The summed E-state index contributed by atoms with van der Waals surface area (Å²) in [5.41, 5.74) is 1.17. The van der Waals surface area contributed by atoms with Crippen LogP contribution in [0.25, 0.3) is 5.52 Å². The van der Waals surface area contributed by atoms with Gasteiger partial charge in [0.1, 0.15) is 11.9 Å². The van der Waals surface area contributed by atoms with Gasteiger partial charge in [-0.3, -0.25) is 0 Å². The molecule has 0 radical (unpaired) electrons. The first kappa shape index (κ1) is 11.7. The number of rotatable bonds is 2. The highest BCUT2D eigenvalue weighted by Gasteiger charge is 2.23. The van der Waals surface area contributed by atoms with E-state index in [1.165, 1.54) is 12.3 Å². The highest BCUT2D eigenvalue weighted by Crippen LogP contribution is 2.25. The number of hydrogen-bond donors (Lipinski definition) is 2. The number of nitriles is 1. The Labute approximate surface area is 109 Å². The minimum atomic E-state index is -0.987. The topological polar surface area (TPSA) is 90.4 Å². The molecule has 1 aliphatic rings. The number of carboxylic acids is 1. The Kier molecular flexibility index (Phi) is 2.69. The van der Waals surface area contributed by atoms with Crippen LogP contribution in [0.4, 0.5) is 0 Å². The van der Waals surface area contributed by atoms with Gasteiger partial charge in [0.05, 0.1) is 17.1 Å². The Bertz CT molecular complexity index is 692. The summed E-state index contributed by atoms with van der Waals surface area (Å²) in [6, 6.07) is 5.26. The quantitative estimate of drug-likeness (QED) is 0.845. The van der Waals surface area contributed by atoms with E-state index in [-0.39, 0.29) is 11.6 Å². The van der Waals surface area contributed by atoms with E-state index < -0.39 is 5.97 Å². The number of carboxylic acid groups (broad SMARTS) is 1. The second-order valence-electron chi connectivity index (χ2n) is 4.56. The zero-order valence-corrected chi connectivity index (χ0v) is 10.1. The van der Waals surface area contributed by atoms with E-state index in [9.17, 15) is 4.79 Å². The normalized spacial score (nSPS) is 18.6. The number of nitrogens with one attached hydrogen (secondary N) is 1. The minimum absolute atomic E-state index is 0.0821. The molecule has 1 fully saturated rings. The van der Waals surface area contributed by atoms with Gasteiger partial charge in [-0.05, 0) is 31.5 Å². The van der Waals surface area contributed by atoms with Crippen LogP contribution in [0.5, 0.6) is 0 Å². The van der Waals surface area contributed by atoms with E-state index >= 15 is 0 Å². The van der Waals surface area contributed by atoms with Gasteiger partial charge in [0, 0.05) is 6.20 Å². The molecule has 0 spiro atoms. The maximum absolute atomic E-state index is 11.0. The molecule has 1 atom stereocenters. The average Bonchev–Trinajstić information content (AvgIpc) is 3.04. The molecule has 0 amide bonds. The van der Waals surface area contributed by atoms with E-state index in [1.807, 2.05) is 0 Å². The Morgan fingerprint density at radius 3 is 3.05 bits per heavy atom. The first-order valence-electron chi connectivity index (χ1n) is 6.09. The number of aromatic nitrogens is 2. The van der Waals surface area contributed by atoms with Gasteiger partial charge in [-0.25, -0.2) is 9.78 Å². The van der Waals surface area contributed by atoms with E-state index in [0.717, 1.165) is 19.4 Å². The van der Waals surface area contributed by atoms with Gasteiger partial charge in [-0.2, -0.15) is 5.26 Å². The van der Waals surface area contributed by atoms with Crippen LogP contribution in [0.3, 0.4) is 0 Å². The summed E-state index contributed by atoms with van der Waals surface area (Å²) >= 11 is 0. The van der Waals surface area contributed by atoms with Gasteiger partial charge in [0.15, 0.2) is 5.69 Å². The Morgan fingerprint density at radius 2 is 2.42 bits per heavy atom. The zero-order chi connectivity index (χ0) is 13.4. The summed E-state index contributed by atoms with van der Waals surface area (Å²) in [5.74, 6) is -0.272. The highest BCUT2D eigenvalue weighted by molar-refractivity contribution is 5.87. The van der Waals surface area contributed by atoms with Crippen molar-refractivity contribution >= 4 is 11.5 Å². The van der Waals surface area contributed by atoms with E-state index in [2.05, 4.69) is 16.4 Å². The van der Waals surface area contributed by atoms with Crippen LogP contribution in [-0.4, -0.2) is 27.0 Å². The summed E-state index contributed by atoms with van der Waals surface area (Å²) < 4.78 is 1.71. The molecule has 6 heteroatoms. The van der Waals surface area contributed by atoms with Gasteiger partial charge in [-0.15, -0.1) is 0 Å². The number of nitrogens with zero attached hydrogens (tertiary/aromatic N) is 3. The third kappa shape index (κ3) is 1.84. The van der Waals surface area contributed by atoms with Gasteiger partial charge < -0.3 is 14.8 Å². The molecule has 0 saturated carbocycles. The lowest BCUT2D eigenvalue weighted by Gasteiger charge is -2.09. The monoisotopic (exact) mass is 256 g/mol. The number of carbonyl (C=O) groups is 1. The zero-order valence-electron chi connectivity index (χ0n) is 10.1. The molecule has 2 N–H and O–H groups in total. The van der Waals surface area contributed by atoms with E-state index in [1.54, 1.807) is 10.5 Å². The molecule has 1 aliphatic heterocycles. The Balaban J connectivity index is 2.22. The SMILES string of the molecule is N#Cc1nc(C2CCCN2)n2cc(C(=O)O)ccc12. The molecule has 3 heterocycles. The van der Waals surface area contributed by atoms with Gasteiger partial charge in [0.25, 0.3) is 0 Å². The first-order valence-corrected chi connectivity index (χ1v) is 6.09. The highest BCUT2D eigenvalue weighted by atomic mass is 16.4. The average molecular weight is 256 g/mol. The third-order valence-corrected chi connectivity index (χ3v) is 3.39. The van der Waals surface area contributed by atoms with Gasteiger partial charge in [-0.1, -0.05) is 0 Å². The molecule has 2 aromatic rings. The first-order chi connectivity index (χ1) is 9.20. The van der Waals surface area contributed by atoms with Crippen molar-refractivity contribution in [2.75, 3.05) is 6.54 Å². The lowest BCUT2D eigenvalue weighted by atomic mass is 10.2. The van der Waals surface area contributed by atoms with Crippen molar-refractivity contribution in [1.82, 2.24) is 14.7 Å². The van der Waals surface area contributed by atoms with Crippen molar-refractivity contribution in [3.8, 4) is 6.07 Å². The fourth-order valence-corrected chi connectivity index (χ4v) is 2.47. The maximum atomic E-state index is 11.0. The van der Waals surface area contributed by atoms with Gasteiger partial charge >= 0.3 is 5.97 Å². The van der Waals surface area contributed by atoms with Crippen LogP contribution < -0.4 is 5.32 Å². The molecule has 1 unspecified atom stereocenters. The summed E-state index contributed by atoms with van der Waals surface area (Å²) in [7, 11) is 0. The molecule has 2 aromatic heterocycles. The second-order valence-corrected chi connectivity index (χ2v) is 4.56. The predicted octanol–water partition coefficient (Wildman–Crippen LogP) is 1.33.